The van der Waals surface area contributed by atoms with Crippen LogP contribution in [-0.4, -0.2) is 93.5 Å². The van der Waals surface area contributed by atoms with Crippen molar-refractivity contribution < 1.29 is 30.0 Å². The molecule has 2 heterocycles. The molecule has 3 rings (SSSR count). The zero-order chi connectivity index (χ0) is 20.8. The van der Waals surface area contributed by atoms with Gasteiger partial charge in [-0.25, -0.2) is 4.79 Å². The number of carbonyl (C=O) groups is 1. The van der Waals surface area contributed by atoms with E-state index in [1.165, 1.54) is 0 Å². The molecule has 29 heavy (non-hydrogen) atoms. The van der Waals surface area contributed by atoms with Crippen LogP contribution in [0.5, 0.6) is 0 Å². The van der Waals surface area contributed by atoms with Crippen molar-refractivity contribution in [2.24, 2.45) is 0 Å². The van der Waals surface area contributed by atoms with E-state index >= 15 is 0 Å². The fraction of sp³-hybridized carbons (Fsp3) is 0.667. The summed E-state index contributed by atoms with van der Waals surface area (Å²) < 4.78 is 5.23. The number of aliphatic hydroxyl groups is 4. The molecule has 162 valence electrons. The lowest BCUT2D eigenvalue weighted by molar-refractivity contribution is -0.145. The predicted molar refractivity (Wildman–Crippen MR) is 106 cm³/mol. The molecular weight excluding hydrogens is 376 g/mol. The molecule has 0 radical (unpaired) electrons. The lowest BCUT2D eigenvalue weighted by atomic mass is 9.94. The predicted octanol–water partition coefficient (Wildman–Crippen LogP) is 0.499. The third-order valence-electron chi connectivity index (χ3n) is 5.97. The molecule has 0 aromatic heterocycles. The van der Waals surface area contributed by atoms with Crippen LogP contribution in [0.1, 0.15) is 37.3 Å². The molecule has 1 aromatic carbocycles. The Kier molecular flexibility index (Phi) is 7.85. The van der Waals surface area contributed by atoms with E-state index in [2.05, 4.69) is 0 Å². The number of unbranched alkanes of at least 4 members (excludes halogenated alkanes) is 3. The van der Waals surface area contributed by atoms with E-state index in [0.29, 0.717) is 19.7 Å². The summed E-state index contributed by atoms with van der Waals surface area (Å²) in [6.45, 7) is 1.64. The first kappa shape index (κ1) is 22.0. The molecule has 0 aliphatic carbocycles. The van der Waals surface area contributed by atoms with Crippen LogP contribution in [0.4, 0.5) is 4.79 Å². The monoisotopic (exact) mass is 408 g/mol. The maximum absolute atomic E-state index is 12.0. The van der Waals surface area contributed by atoms with Crippen LogP contribution in [0.25, 0.3) is 0 Å². The number of hydrogen-bond donors (Lipinski definition) is 4. The summed E-state index contributed by atoms with van der Waals surface area (Å²) in [6, 6.07) is 9.31. The van der Waals surface area contributed by atoms with Crippen molar-refractivity contribution in [2.75, 3.05) is 32.8 Å². The fourth-order valence-corrected chi connectivity index (χ4v) is 4.23. The number of piperidine rings is 1. The summed E-state index contributed by atoms with van der Waals surface area (Å²) in [7, 11) is 0. The van der Waals surface area contributed by atoms with Gasteiger partial charge in [0.25, 0.3) is 0 Å². The van der Waals surface area contributed by atoms with Crippen LogP contribution in [0, 0.1) is 0 Å². The van der Waals surface area contributed by atoms with Gasteiger partial charge < -0.3 is 25.2 Å². The number of nitrogens with zero attached hydrogens (tertiary/aromatic N) is 2. The summed E-state index contributed by atoms with van der Waals surface area (Å²) in [4.78, 5) is 15.7. The van der Waals surface area contributed by atoms with Gasteiger partial charge in [0.1, 0.15) is 18.8 Å². The van der Waals surface area contributed by atoms with Crippen LogP contribution in [0.2, 0.25) is 0 Å². The van der Waals surface area contributed by atoms with Gasteiger partial charge >= 0.3 is 6.09 Å². The van der Waals surface area contributed by atoms with Crippen molar-refractivity contribution in [3.8, 4) is 0 Å². The smallest absolute Gasteiger partial charge is 0.410 e. The molecule has 1 aromatic rings. The number of hydrogen-bond acceptors (Lipinski definition) is 7. The van der Waals surface area contributed by atoms with Gasteiger partial charge in [-0.3, -0.25) is 9.80 Å². The maximum atomic E-state index is 12.0. The van der Waals surface area contributed by atoms with Crippen LogP contribution in [0.3, 0.4) is 0 Å². The van der Waals surface area contributed by atoms with Crippen molar-refractivity contribution in [1.82, 2.24) is 9.80 Å². The highest BCUT2D eigenvalue weighted by atomic mass is 16.6. The van der Waals surface area contributed by atoms with E-state index in [4.69, 9.17) is 4.74 Å². The topological polar surface area (TPSA) is 114 Å². The molecule has 2 saturated heterocycles. The molecular formula is C21H32N2O6. The third-order valence-corrected chi connectivity index (χ3v) is 5.97. The van der Waals surface area contributed by atoms with Crippen LogP contribution < -0.4 is 0 Å². The summed E-state index contributed by atoms with van der Waals surface area (Å²) in [5, 5.41) is 39.1. The minimum atomic E-state index is -1.22. The number of aliphatic hydroxyl groups excluding tert-OH is 4. The van der Waals surface area contributed by atoms with Crippen molar-refractivity contribution in [1.29, 1.82) is 0 Å². The minimum absolute atomic E-state index is 0.0308. The maximum Gasteiger partial charge on any atom is 0.410 e. The number of amides is 1. The lowest BCUT2D eigenvalue weighted by Crippen LogP contribution is -2.62. The lowest BCUT2D eigenvalue weighted by Gasteiger charge is -2.43. The molecule has 2 aliphatic rings. The Labute approximate surface area is 171 Å². The van der Waals surface area contributed by atoms with Crippen LogP contribution in [0.15, 0.2) is 30.3 Å². The molecule has 2 aliphatic heterocycles. The van der Waals surface area contributed by atoms with Crippen LogP contribution in [-0.2, 0) is 4.74 Å². The van der Waals surface area contributed by atoms with Gasteiger partial charge in [0, 0.05) is 13.1 Å². The highest BCUT2D eigenvalue weighted by molar-refractivity contribution is 5.70. The van der Waals surface area contributed by atoms with Crippen molar-refractivity contribution >= 4 is 6.09 Å². The van der Waals surface area contributed by atoms with Gasteiger partial charge in [0.2, 0.25) is 0 Å². The molecule has 0 saturated carbocycles. The first-order chi connectivity index (χ1) is 14.0. The van der Waals surface area contributed by atoms with E-state index in [0.717, 1.165) is 31.2 Å². The van der Waals surface area contributed by atoms with E-state index < -0.39 is 24.4 Å². The first-order valence-electron chi connectivity index (χ1n) is 10.4. The number of carbonyl (C=O) groups excluding carboxylic acids is 1. The Morgan fingerprint density at radius 1 is 0.966 bits per heavy atom. The van der Waals surface area contributed by atoms with Gasteiger partial charge in [-0.05, 0) is 24.9 Å². The van der Waals surface area contributed by atoms with Gasteiger partial charge in [-0.15, -0.1) is 0 Å². The molecule has 1 unspecified atom stereocenters. The largest absolute Gasteiger partial charge is 0.447 e. The Hall–Kier alpha value is -1.71. The van der Waals surface area contributed by atoms with Crippen molar-refractivity contribution in [3.63, 3.8) is 0 Å². The molecule has 1 amide bonds. The molecule has 4 N–H and O–H groups in total. The normalized spacial score (nSPS) is 30.6. The second-order valence-electron chi connectivity index (χ2n) is 7.90. The quantitative estimate of drug-likeness (QED) is 0.440. The number of cyclic esters (lactones) is 1. The Morgan fingerprint density at radius 2 is 1.66 bits per heavy atom. The average Bonchev–Trinajstić information content (AvgIpc) is 3.10. The number of benzene rings is 1. The summed E-state index contributed by atoms with van der Waals surface area (Å²) >= 11 is 0. The highest BCUT2D eigenvalue weighted by Gasteiger charge is 2.40. The zero-order valence-electron chi connectivity index (χ0n) is 16.6. The summed E-state index contributed by atoms with van der Waals surface area (Å²) in [6.07, 6.45) is -0.0620. The fourth-order valence-electron chi connectivity index (χ4n) is 4.23. The summed E-state index contributed by atoms with van der Waals surface area (Å²) in [5.41, 5.74) is 1.08. The van der Waals surface area contributed by atoms with Crippen molar-refractivity contribution in [3.05, 3.63) is 35.9 Å². The molecule has 8 nitrogen and oxygen atoms in total. The second-order valence-corrected chi connectivity index (χ2v) is 7.90. The number of ether oxygens (including phenoxy) is 1. The van der Waals surface area contributed by atoms with E-state index in [1.807, 2.05) is 35.2 Å². The second kappa shape index (κ2) is 10.4. The molecule has 8 heteroatoms. The Bertz CT molecular complexity index is 645. The van der Waals surface area contributed by atoms with Crippen LogP contribution >= 0.6 is 0 Å². The van der Waals surface area contributed by atoms with Gasteiger partial charge in [0.15, 0.2) is 0 Å². The zero-order valence-corrected chi connectivity index (χ0v) is 16.6. The standard InChI is InChI=1S/C21H32N2O6/c24-13-16-19(26)20(27)18(25)12-22(16)10-6-1-2-7-11-23-17(14-29-21(23)28)15-8-4-3-5-9-15/h3-5,8-9,16-20,24-27H,1-2,6-7,10-14H2/t16-,17?,18+,19-,20-/m1/s1. The average molecular weight is 408 g/mol. The van der Waals surface area contributed by atoms with Gasteiger partial charge in [0.05, 0.1) is 24.8 Å². The molecule has 5 atom stereocenters. The van der Waals surface area contributed by atoms with E-state index in [9.17, 15) is 25.2 Å². The molecule has 0 spiro atoms. The highest BCUT2D eigenvalue weighted by Crippen LogP contribution is 2.28. The minimum Gasteiger partial charge on any atom is -0.447 e. The Balaban J connectivity index is 1.39. The number of likely N-dealkylation sites (tertiary alicyclic amines) is 1. The SMILES string of the molecule is O=C1OCC(c2ccccc2)N1CCCCCCN1C[C@H](O)[C@@H](O)[C@H](O)[C@H]1CO. The summed E-state index contributed by atoms with van der Waals surface area (Å²) in [5.74, 6) is 0. The van der Waals surface area contributed by atoms with Gasteiger partial charge in [-0.1, -0.05) is 43.2 Å². The number of rotatable bonds is 9. The van der Waals surface area contributed by atoms with E-state index in [1.54, 1.807) is 4.90 Å². The first-order valence-corrected chi connectivity index (χ1v) is 10.4. The molecule has 0 bridgehead atoms. The number of β-amino-alcohol motifs (C(OH)–C–C–N with tert-alkyl or cyclic N) is 1. The van der Waals surface area contributed by atoms with E-state index in [-0.39, 0.29) is 25.3 Å². The third kappa shape index (κ3) is 5.26. The van der Waals surface area contributed by atoms with Gasteiger partial charge in [-0.2, -0.15) is 0 Å². The Morgan fingerprint density at radius 3 is 2.34 bits per heavy atom. The van der Waals surface area contributed by atoms with Crippen molar-refractivity contribution in [2.45, 2.75) is 56.1 Å². The molecule has 2 fully saturated rings.